The number of hydroxylamine groups is 1. The molecule has 0 unspecified atom stereocenters. The van der Waals surface area contributed by atoms with Crippen molar-refractivity contribution in [1.82, 2.24) is 5.48 Å². The molecule has 0 aliphatic heterocycles. The summed E-state index contributed by atoms with van der Waals surface area (Å²) in [5, 5.41) is 8.45. The molecule has 2 N–H and O–H groups in total. The van der Waals surface area contributed by atoms with Crippen LogP contribution in [0.1, 0.15) is 199 Å². The van der Waals surface area contributed by atoms with Gasteiger partial charge >= 0.3 is 0 Å². The van der Waals surface area contributed by atoms with Gasteiger partial charge in [0.1, 0.15) is 0 Å². The Kier molecular flexibility index (Phi) is 33.8. The number of nitrogens with one attached hydrogen (secondary N) is 1. The second-order valence-electron chi connectivity index (χ2n) is 11.9. The van der Waals surface area contributed by atoms with Crippen LogP contribution in [0, 0.1) is 0 Å². The molecule has 0 fully saturated rings. The standard InChI is InChI=1S/C34H66N2O3/c37-33-35-32-30-28-26-24-22-20-18-16-14-12-10-8-6-4-2-1-3-5-7-9-11-13-15-17-19-21-23-25-27-29-31-34(38)36-39/h39H,1-32H2,(H,36,38). The van der Waals surface area contributed by atoms with Gasteiger partial charge in [-0.25, -0.2) is 15.3 Å². The molecule has 0 aliphatic rings. The van der Waals surface area contributed by atoms with Gasteiger partial charge in [-0.1, -0.05) is 180 Å². The van der Waals surface area contributed by atoms with Gasteiger partial charge in [-0.05, 0) is 12.8 Å². The molecule has 0 rings (SSSR count). The predicted octanol–water partition coefficient (Wildman–Crippen LogP) is 10.9. The number of hydrogen-bond acceptors (Lipinski definition) is 4. The van der Waals surface area contributed by atoms with E-state index >= 15 is 0 Å². The molecule has 0 heterocycles. The summed E-state index contributed by atoms with van der Waals surface area (Å²) >= 11 is 0. The van der Waals surface area contributed by atoms with Crippen LogP contribution in [0.15, 0.2) is 4.99 Å². The number of carbonyl (C=O) groups excluding carboxylic acids is 2. The average Bonchev–Trinajstić information content (AvgIpc) is 2.95. The zero-order chi connectivity index (χ0) is 28.3. The number of hydrogen-bond donors (Lipinski definition) is 2. The van der Waals surface area contributed by atoms with Gasteiger partial charge < -0.3 is 0 Å². The Morgan fingerprint density at radius 2 is 0.667 bits per heavy atom. The Hall–Kier alpha value is -1.19. The lowest BCUT2D eigenvalue weighted by Crippen LogP contribution is -2.17. The highest BCUT2D eigenvalue weighted by molar-refractivity contribution is 5.74. The number of amides is 1. The lowest BCUT2D eigenvalue weighted by atomic mass is 10.0. The van der Waals surface area contributed by atoms with E-state index in [2.05, 4.69) is 4.99 Å². The molecule has 0 saturated carbocycles. The lowest BCUT2D eigenvalue weighted by Gasteiger charge is -2.04. The molecule has 0 aromatic heterocycles. The first-order valence-electron chi connectivity index (χ1n) is 17.3. The molecule has 0 aromatic carbocycles. The van der Waals surface area contributed by atoms with Gasteiger partial charge in [-0.3, -0.25) is 10.0 Å². The normalized spacial score (nSPS) is 11.0. The third-order valence-corrected chi connectivity index (χ3v) is 8.11. The van der Waals surface area contributed by atoms with E-state index in [0.29, 0.717) is 13.0 Å². The van der Waals surface area contributed by atoms with Crippen LogP contribution in [0.5, 0.6) is 0 Å². The number of aliphatic imine (C=N–C) groups is 1. The first kappa shape index (κ1) is 37.8. The van der Waals surface area contributed by atoms with Crippen molar-refractivity contribution in [3.05, 3.63) is 0 Å². The zero-order valence-corrected chi connectivity index (χ0v) is 25.8. The summed E-state index contributed by atoms with van der Waals surface area (Å²) in [6, 6.07) is 0. The first-order chi connectivity index (χ1) is 19.3. The first-order valence-corrected chi connectivity index (χ1v) is 17.3. The fraction of sp³-hybridized carbons (Fsp3) is 0.941. The zero-order valence-electron chi connectivity index (χ0n) is 25.8. The Bertz CT molecular complexity index is 535. The van der Waals surface area contributed by atoms with Gasteiger partial charge in [0, 0.05) is 6.42 Å². The molecule has 39 heavy (non-hydrogen) atoms. The molecule has 5 nitrogen and oxygen atoms in total. The smallest absolute Gasteiger partial charge is 0.243 e. The summed E-state index contributed by atoms with van der Waals surface area (Å²) < 4.78 is 0. The molecule has 0 saturated heterocycles. The summed E-state index contributed by atoms with van der Waals surface area (Å²) in [5.41, 5.74) is 1.70. The Labute approximate surface area is 242 Å². The number of unbranched alkanes of at least 4 members (excludes halogenated alkanes) is 29. The second kappa shape index (κ2) is 34.8. The van der Waals surface area contributed by atoms with Crippen LogP contribution < -0.4 is 5.48 Å². The molecule has 0 bridgehead atoms. The molecular formula is C34H66N2O3. The molecule has 0 aliphatic carbocycles. The summed E-state index contributed by atoms with van der Waals surface area (Å²) in [6.07, 6.45) is 42.6. The lowest BCUT2D eigenvalue weighted by molar-refractivity contribution is -0.129. The van der Waals surface area contributed by atoms with E-state index in [4.69, 9.17) is 5.21 Å². The van der Waals surface area contributed by atoms with E-state index in [0.717, 1.165) is 19.3 Å². The van der Waals surface area contributed by atoms with Crippen LogP contribution in [0.3, 0.4) is 0 Å². The van der Waals surface area contributed by atoms with E-state index in [1.165, 1.54) is 173 Å². The van der Waals surface area contributed by atoms with E-state index in [1.807, 2.05) is 0 Å². The minimum absolute atomic E-state index is 0.260. The molecule has 1 amide bonds. The molecule has 0 radical (unpaired) electrons. The summed E-state index contributed by atoms with van der Waals surface area (Å²) in [4.78, 5) is 24.5. The van der Waals surface area contributed by atoms with Gasteiger partial charge in [-0.2, -0.15) is 0 Å². The number of carbonyl (C=O) groups is 1. The van der Waals surface area contributed by atoms with Crippen LogP contribution in [0.2, 0.25) is 0 Å². The summed E-state index contributed by atoms with van der Waals surface area (Å²) in [7, 11) is 0. The summed E-state index contributed by atoms with van der Waals surface area (Å²) in [6.45, 7) is 0.661. The third kappa shape index (κ3) is 34.8. The third-order valence-electron chi connectivity index (χ3n) is 8.11. The highest BCUT2D eigenvalue weighted by atomic mass is 16.5. The van der Waals surface area contributed by atoms with Crippen LogP contribution >= 0.6 is 0 Å². The van der Waals surface area contributed by atoms with Crippen molar-refractivity contribution < 1.29 is 14.8 Å². The topological polar surface area (TPSA) is 78.8 Å². The van der Waals surface area contributed by atoms with Crippen LogP contribution in [-0.4, -0.2) is 23.7 Å². The van der Waals surface area contributed by atoms with Crippen molar-refractivity contribution in [3.63, 3.8) is 0 Å². The van der Waals surface area contributed by atoms with Gasteiger partial charge in [-0.15, -0.1) is 0 Å². The molecular weight excluding hydrogens is 484 g/mol. The Morgan fingerprint density at radius 3 is 0.897 bits per heavy atom. The van der Waals surface area contributed by atoms with Gasteiger partial charge in [0.05, 0.1) is 6.54 Å². The second-order valence-corrected chi connectivity index (χ2v) is 11.9. The molecule has 0 spiro atoms. The van der Waals surface area contributed by atoms with Crippen molar-refractivity contribution in [3.8, 4) is 0 Å². The van der Waals surface area contributed by atoms with Crippen molar-refractivity contribution >= 4 is 12.0 Å². The van der Waals surface area contributed by atoms with E-state index < -0.39 is 0 Å². The van der Waals surface area contributed by atoms with E-state index in [9.17, 15) is 9.59 Å². The van der Waals surface area contributed by atoms with Crippen LogP contribution in [0.4, 0.5) is 0 Å². The van der Waals surface area contributed by atoms with Crippen molar-refractivity contribution in [2.45, 2.75) is 199 Å². The van der Waals surface area contributed by atoms with Crippen molar-refractivity contribution in [2.75, 3.05) is 6.54 Å². The minimum atomic E-state index is -0.260. The number of rotatable bonds is 33. The molecule has 5 heteroatoms. The molecule has 0 atom stereocenters. The largest absolute Gasteiger partial charge is 0.289 e. The van der Waals surface area contributed by atoms with Gasteiger partial charge in [0.25, 0.3) is 0 Å². The van der Waals surface area contributed by atoms with Gasteiger partial charge in [0.2, 0.25) is 12.0 Å². The minimum Gasteiger partial charge on any atom is -0.289 e. The quantitative estimate of drug-likeness (QED) is 0.0280. The maximum absolute atomic E-state index is 10.9. The maximum atomic E-state index is 10.9. The van der Waals surface area contributed by atoms with Crippen molar-refractivity contribution in [1.29, 1.82) is 0 Å². The maximum Gasteiger partial charge on any atom is 0.243 e. The van der Waals surface area contributed by atoms with E-state index in [-0.39, 0.29) is 5.91 Å². The van der Waals surface area contributed by atoms with Crippen LogP contribution in [-0.2, 0) is 9.59 Å². The fourth-order valence-electron chi connectivity index (χ4n) is 5.53. The van der Waals surface area contributed by atoms with Crippen LogP contribution in [0.25, 0.3) is 0 Å². The number of nitrogens with zero attached hydrogens (tertiary/aromatic N) is 1. The fourth-order valence-corrected chi connectivity index (χ4v) is 5.53. The van der Waals surface area contributed by atoms with Gasteiger partial charge in [0.15, 0.2) is 0 Å². The number of isocyanates is 1. The molecule has 0 aromatic rings. The Morgan fingerprint density at radius 1 is 0.436 bits per heavy atom. The highest BCUT2D eigenvalue weighted by Gasteiger charge is 1.99. The van der Waals surface area contributed by atoms with E-state index in [1.54, 1.807) is 11.6 Å². The molecule has 230 valence electrons. The highest BCUT2D eigenvalue weighted by Crippen LogP contribution is 2.16. The summed E-state index contributed by atoms with van der Waals surface area (Å²) in [5.74, 6) is -0.260. The monoisotopic (exact) mass is 551 g/mol. The predicted molar refractivity (Wildman–Crippen MR) is 166 cm³/mol. The average molecular weight is 551 g/mol. The SMILES string of the molecule is O=C=NCCCCCCCCCCCCCCCCCCCCCCCCCCCCCCCCC(=O)NO. The Balaban J connectivity index is 3.05. The van der Waals surface area contributed by atoms with Crippen molar-refractivity contribution in [2.24, 2.45) is 4.99 Å².